The molecule has 7 aromatic carbocycles. The first kappa shape index (κ1) is 30.9. The molecule has 9 rings (SSSR count). The fraction of sp³-hybridized carbons (Fsp3) is 0.224. The highest BCUT2D eigenvalue weighted by Crippen LogP contribution is 2.56. The quantitative estimate of drug-likeness (QED) is 0.177. The average Bonchev–Trinajstić information content (AvgIpc) is 3.50. The molecule has 246 valence electrons. The molecule has 0 aromatic heterocycles. The summed E-state index contributed by atoms with van der Waals surface area (Å²) in [6.07, 6.45) is 2.09. The SMILES string of the molecule is CCCC(C)(Nc1c2ccccc2c(-c2ccccc2)c2ccccc12)c1ccc2c(c1)C(C)(C)c1cc3c(cc1-2)C(C)(C)c1ccccc1-3. The summed E-state index contributed by atoms with van der Waals surface area (Å²) < 4.78 is 0. The third kappa shape index (κ3) is 4.32. The lowest BCUT2D eigenvalue weighted by Crippen LogP contribution is -2.32. The Kier molecular flexibility index (Phi) is 6.75. The maximum atomic E-state index is 4.24. The van der Waals surface area contributed by atoms with Gasteiger partial charge in [0.05, 0.1) is 11.2 Å². The molecule has 0 radical (unpaired) electrons. The van der Waals surface area contributed by atoms with Crippen molar-refractivity contribution in [1.82, 2.24) is 0 Å². The van der Waals surface area contributed by atoms with Crippen LogP contribution in [0, 0.1) is 0 Å². The van der Waals surface area contributed by atoms with Crippen LogP contribution < -0.4 is 5.32 Å². The van der Waals surface area contributed by atoms with Crippen molar-refractivity contribution in [2.45, 2.75) is 70.8 Å². The van der Waals surface area contributed by atoms with Crippen molar-refractivity contribution in [2.75, 3.05) is 5.32 Å². The smallest absolute Gasteiger partial charge is 0.0597 e. The summed E-state index contributed by atoms with van der Waals surface area (Å²) >= 11 is 0. The lowest BCUT2D eigenvalue weighted by Gasteiger charge is -2.35. The highest BCUT2D eigenvalue weighted by molar-refractivity contribution is 6.20. The number of nitrogens with one attached hydrogen (secondary N) is 1. The van der Waals surface area contributed by atoms with Crippen LogP contribution in [-0.2, 0) is 16.4 Å². The van der Waals surface area contributed by atoms with E-state index in [0.29, 0.717) is 0 Å². The van der Waals surface area contributed by atoms with Crippen LogP contribution in [0.2, 0.25) is 0 Å². The molecule has 50 heavy (non-hydrogen) atoms. The van der Waals surface area contributed by atoms with E-state index in [0.717, 1.165) is 12.8 Å². The van der Waals surface area contributed by atoms with E-state index in [2.05, 4.69) is 180 Å². The second-order valence-electron chi connectivity index (χ2n) is 15.9. The summed E-state index contributed by atoms with van der Waals surface area (Å²) in [5, 5.41) is 9.32. The minimum Gasteiger partial charge on any atom is -0.375 e. The summed E-state index contributed by atoms with van der Waals surface area (Å²) in [6.45, 7) is 14.3. The molecule has 0 amide bonds. The highest BCUT2D eigenvalue weighted by atomic mass is 15.0. The van der Waals surface area contributed by atoms with Crippen molar-refractivity contribution < 1.29 is 0 Å². The molecule has 1 nitrogen and oxygen atoms in total. The minimum atomic E-state index is -0.281. The van der Waals surface area contributed by atoms with Crippen LogP contribution in [0.4, 0.5) is 5.69 Å². The molecule has 7 aromatic rings. The van der Waals surface area contributed by atoms with Gasteiger partial charge in [0.2, 0.25) is 0 Å². The zero-order chi connectivity index (χ0) is 34.4. The maximum Gasteiger partial charge on any atom is 0.0597 e. The van der Waals surface area contributed by atoms with Crippen molar-refractivity contribution in [1.29, 1.82) is 0 Å². The molecule has 0 fully saturated rings. The first-order valence-electron chi connectivity index (χ1n) is 18.3. The molecule has 0 heterocycles. The Morgan fingerprint density at radius 1 is 0.500 bits per heavy atom. The van der Waals surface area contributed by atoms with E-state index in [4.69, 9.17) is 0 Å². The zero-order valence-corrected chi connectivity index (χ0v) is 30.1. The zero-order valence-electron chi connectivity index (χ0n) is 30.1. The first-order chi connectivity index (χ1) is 24.1. The standard InChI is InChI=1S/C49H45N/c1-7-27-49(6,50-46-37-22-13-11-20-35(37)45(31-17-9-8-10-18-31)36-21-12-14-23-38(36)46)32-25-26-34-40-30-43-39(29-44(40)48(4,5)42(34)28-32)33-19-15-16-24-41(33)47(43,2)3/h8-26,28-30,50H,7,27H2,1-6H3. The molecule has 0 saturated carbocycles. The van der Waals surface area contributed by atoms with Gasteiger partial charge in [0, 0.05) is 21.6 Å². The van der Waals surface area contributed by atoms with Gasteiger partial charge in [-0.25, -0.2) is 0 Å². The van der Waals surface area contributed by atoms with Crippen molar-refractivity contribution >= 4 is 27.2 Å². The monoisotopic (exact) mass is 647 g/mol. The molecule has 1 unspecified atom stereocenters. The second-order valence-corrected chi connectivity index (χ2v) is 15.9. The van der Waals surface area contributed by atoms with Gasteiger partial charge in [-0.1, -0.05) is 162 Å². The molecule has 1 heteroatoms. The molecule has 1 N–H and O–H groups in total. The van der Waals surface area contributed by atoms with Gasteiger partial charge in [0.1, 0.15) is 0 Å². The predicted molar refractivity (Wildman–Crippen MR) is 214 cm³/mol. The number of hydrogen-bond acceptors (Lipinski definition) is 1. The third-order valence-electron chi connectivity index (χ3n) is 12.2. The molecule has 0 saturated heterocycles. The summed E-state index contributed by atoms with van der Waals surface area (Å²) in [5.41, 5.74) is 16.0. The Bertz CT molecular complexity index is 2420. The van der Waals surface area contributed by atoms with E-state index in [1.54, 1.807) is 0 Å². The van der Waals surface area contributed by atoms with E-state index in [9.17, 15) is 0 Å². The molecular formula is C49H45N. The molecule has 0 aliphatic heterocycles. The predicted octanol–water partition coefficient (Wildman–Crippen LogP) is 13.4. The van der Waals surface area contributed by atoms with Crippen molar-refractivity contribution in [3.63, 3.8) is 0 Å². The summed E-state index contributed by atoms with van der Waals surface area (Å²) in [4.78, 5) is 0. The Hall–Kier alpha value is -5.14. The number of benzene rings is 7. The number of hydrogen-bond donors (Lipinski definition) is 1. The number of anilines is 1. The van der Waals surface area contributed by atoms with Gasteiger partial charge < -0.3 is 5.32 Å². The Balaban J connectivity index is 1.19. The minimum absolute atomic E-state index is 0.0149. The average molecular weight is 648 g/mol. The van der Waals surface area contributed by atoms with Gasteiger partial charge in [-0.15, -0.1) is 0 Å². The van der Waals surface area contributed by atoms with Gasteiger partial charge in [0.25, 0.3) is 0 Å². The Morgan fingerprint density at radius 3 is 1.62 bits per heavy atom. The molecule has 2 aliphatic carbocycles. The molecule has 2 aliphatic rings. The van der Waals surface area contributed by atoms with Gasteiger partial charge in [0.15, 0.2) is 0 Å². The van der Waals surface area contributed by atoms with Crippen LogP contribution in [0.1, 0.15) is 82.2 Å². The van der Waals surface area contributed by atoms with Gasteiger partial charge in [-0.05, 0) is 97.4 Å². The van der Waals surface area contributed by atoms with Gasteiger partial charge >= 0.3 is 0 Å². The second kappa shape index (κ2) is 10.9. The first-order valence-corrected chi connectivity index (χ1v) is 18.3. The van der Waals surface area contributed by atoms with Crippen molar-refractivity contribution in [3.8, 4) is 33.4 Å². The van der Waals surface area contributed by atoms with Crippen LogP contribution in [-0.4, -0.2) is 0 Å². The molecule has 1 atom stereocenters. The summed E-state index contributed by atoms with van der Waals surface area (Å²) in [5.74, 6) is 0. The van der Waals surface area contributed by atoms with Crippen LogP contribution in [0.5, 0.6) is 0 Å². The van der Waals surface area contributed by atoms with E-state index in [1.165, 1.54) is 88.4 Å². The van der Waals surface area contributed by atoms with E-state index in [-0.39, 0.29) is 16.4 Å². The van der Waals surface area contributed by atoms with Crippen LogP contribution >= 0.6 is 0 Å². The van der Waals surface area contributed by atoms with Crippen LogP contribution in [0.15, 0.2) is 133 Å². The highest BCUT2D eigenvalue weighted by Gasteiger charge is 2.42. The molecule has 0 spiro atoms. The van der Waals surface area contributed by atoms with E-state index >= 15 is 0 Å². The summed E-state index contributed by atoms with van der Waals surface area (Å²) in [7, 11) is 0. The summed E-state index contributed by atoms with van der Waals surface area (Å²) in [6, 6.07) is 50.1. The van der Waals surface area contributed by atoms with Gasteiger partial charge in [-0.2, -0.15) is 0 Å². The third-order valence-corrected chi connectivity index (χ3v) is 12.2. The topological polar surface area (TPSA) is 12.0 Å². The van der Waals surface area contributed by atoms with Crippen LogP contribution in [0.25, 0.3) is 54.9 Å². The maximum absolute atomic E-state index is 4.24. The fourth-order valence-electron chi connectivity index (χ4n) is 9.51. The largest absolute Gasteiger partial charge is 0.375 e. The number of rotatable bonds is 6. The molecular weight excluding hydrogens is 603 g/mol. The Labute approximate surface area is 297 Å². The normalized spacial score (nSPS) is 16.0. The fourth-order valence-corrected chi connectivity index (χ4v) is 9.51. The van der Waals surface area contributed by atoms with Crippen molar-refractivity contribution in [2.24, 2.45) is 0 Å². The van der Waals surface area contributed by atoms with Gasteiger partial charge in [-0.3, -0.25) is 0 Å². The molecule has 0 bridgehead atoms. The van der Waals surface area contributed by atoms with E-state index in [1.807, 2.05) is 0 Å². The lowest BCUT2D eigenvalue weighted by molar-refractivity contribution is 0.488. The Morgan fingerprint density at radius 2 is 1.00 bits per heavy atom. The number of fused-ring (bicyclic) bond motifs is 8. The van der Waals surface area contributed by atoms with Crippen LogP contribution in [0.3, 0.4) is 0 Å². The lowest BCUT2D eigenvalue weighted by atomic mass is 9.78. The van der Waals surface area contributed by atoms with E-state index < -0.39 is 0 Å². The van der Waals surface area contributed by atoms with Crippen molar-refractivity contribution in [3.05, 3.63) is 161 Å².